The van der Waals surface area contributed by atoms with Gasteiger partial charge in [0.15, 0.2) is 5.82 Å². The first kappa shape index (κ1) is 17.9. The Hall–Kier alpha value is -3.21. The van der Waals surface area contributed by atoms with E-state index in [1.165, 1.54) is 0 Å². The van der Waals surface area contributed by atoms with E-state index >= 15 is 0 Å². The number of rotatable bonds is 3. The van der Waals surface area contributed by atoms with Gasteiger partial charge in [0.2, 0.25) is 5.91 Å². The van der Waals surface area contributed by atoms with E-state index in [1.54, 1.807) is 15.6 Å². The number of aryl methyl sites for hydroxylation is 2. The molecule has 2 fully saturated rings. The average molecular weight is 389 g/mol. The topological polar surface area (TPSA) is 92.1 Å². The largest absolute Gasteiger partial charge is 0.293 e. The third kappa shape index (κ3) is 2.30. The Labute approximate surface area is 168 Å². The molecule has 1 aliphatic carbocycles. The molecular weight excluding hydrogens is 366 g/mol. The van der Waals surface area contributed by atoms with E-state index in [-0.39, 0.29) is 17.7 Å². The third-order valence-corrected chi connectivity index (χ3v) is 6.63. The normalized spacial score (nSPS) is 24.4. The van der Waals surface area contributed by atoms with Crippen molar-refractivity contribution in [1.29, 1.82) is 5.26 Å². The fourth-order valence-corrected chi connectivity index (χ4v) is 4.86. The number of carbonyl (C=O) groups is 1. The van der Waals surface area contributed by atoms with Gasteiger partial charge >= 0.3 is 0 Å². The van der Waals surface area contributed by atoms with Gasteiger partial charge in [-0.3, -0.25) is 14.4 Å². The van der Waals surface area contributed by atoms with E-state index in [4.69, 9.17) is 4.98 Å². The number of nitriles is 1. The monoisotopic (exact) mass is 389 g/mol. The minimum atomic E-state index is -0.936. The molecule has 1 saturated heterocycles. The highest BCUT2D eigenvalue weighted by Crippen LogP contribution is 2.54. The summed E-state index contributed by atoms with van der Waals surface area (Å²) in [5, 5.41) is 18.9. The molecule has 2 aliphatic rings. The van der Waals surface area contributed by atoms with Crippen molar-refractivity contribution in [3.05, 3.63) is 29.8 Å². The van der Waals surface area contributed by atoms with Gasteiger partial charge in [-0.05, 0) is 38.7 Å². The van der Waals surface area contributed by atoms with Crippen LogP contribution in [0.3, 0.4) is 0 Å². The third-order valence-electron chi connectivity index (χ3n) is 6.63. The van der Waals surface area contributed by atoms with Gasteiger partial charge in [-0.25, -0.2) is 9.50 Å². The zero-order chi connectivity index (χ0) is 20.5. The Morgan fingerprint density at radius 2 is 2.07 bits per heavy atom. The van der Waals surface area contributed by atoms with Gasteiger partial charge in [-0.2, -0.15) is 15.5 Å². The molecule has 0 spiro atoms. The molecule has 29 heavy (non-hydrogen) atoms. The summed E-state index contributed by atoms with van der Waals surface area (Å²) in [6.45, 7) is 6.45. The van der Waals surface area contributed by atoms with Crippen molar-refractivity contribution in [1.82, 2.24) is 24.4 Å². The molecule has 4 heterocycles. The summed E-state index contributed by atoms with van der Waals surface area (Å²) in [6.07, 6.45) is 5.47. The van der Waals surface area contributed by atoms with Crippen LogP contribution in [0.4, 0.5) is 5.82 Å². The molecule has 1 amide bonds. The maximum Gasteiger partial charge on any atom is 0.249 e. The molecule has 1 aliphatic heterocycles. The fraction of sp³-hybridized carbons (Fsp3) is 0.476. The van der Waals surface area contributed by atoms with Crippen molar-refractivity contribution in [2.75, 3.05) is 11.4 Å². The fourth-order valence-electron chi connectivity index (χ4n) is 4.86. The molecule has 3 aromatic heterocycles. The van der Waals surface area contributed by atoms with Crippen LogP contribution in [-0.4, -0.2) is 36.8 Å². The second kappa shape index (κ2) is 5.89. The highest BCUT2D eigenvalue weighted by atomic mass is 16.2. The van der Waals surface area contributed by atoms with E-state index in [2.05, 4.69) is 16.3 Å². The molecular formula is C21H23N7O. The molecule has 0 unspecified atom stereocenters. The highest BCUT2D eigenvalue weighted by molar-refractivity contribution is 6.04. The summed E-state index contributed by atoms with van der Waals surface area (Å²) in [5.41, 5.74) is 3.37. The number of nitrogens with zero attached hydrogens (tertiary/aromatic N) is 7. The highest BCUT2D eigenvalue weighted by Gasteiger charge is 2.61. The number of hydrogen-bond acceptors (Lipinski definition) is 5. The summed E-state index contributed by atoms with van der Waals surface area (Å²) in [6, 6.07) is 4.25. The van der Waals surface area contributed by atoms with Crippen LogP contribution in [0.5, 0.6) is 0 Å². The van der Waals surface area contributed by atoms with E-state index in [1.807, 2.05) is 44.8 Å². The van der Waals surface area contributed by atoms with Gasteiger partial charge in [0.25, 0.3) is 0 Å². The summed E-state index contributed by atoms with van der Waals surface area (Å²) in [4.78, 5) is 20.1. The van der Waals surface area contributed by atoms with Gasteiger partial charge in [0, 0.05) is 30.8 Å². The van der Waals surface area contributed by atoms with Crippen molar-refractivity contribution in [2.45, 2.75) is 33.6 Å². The Bertz CT molecular complexity index is 1200. The summed E-state index contributed by atoms with van der Waals surface area (Å²) in [7, 11) is 1.90. The number of fused-ring (bicyclic) bond motifs is 1. The van der Waals surface area contributed by atoms with Gasteiger partial charge in [0.05, 0.1) is 29.9 Å². The van der Waals surface area contributed by atoms with Crippen molar-refractivity contribution in [2.24, 2.45) is 24.3 Å². The number of carbonyl (C=O) groups excluding carboxylic acids is 1. The van der Waals surface area contributed by atoms with Crippen LogP contribution in [0, 0.1) is 42.4 Å². The smallest absolute Gasteiger partial charge is 0.249 e. The standard InChI is InChI=1S/C21H23N7O/c1-12-9-27(20(29)21(12,11-22)15-5-6-15)19-17-7-8-23-28(17)10-16(24-19)18-13(2)25-26(4)14(18)3/h7-8,10,12,15H,5-6,9H2,1-4H3/t12-,21+/m1/s1. The Morgan fingerprint density at radius 3 is 2.69 bits per heavy atom. The Morgan fingerprint density at radius 1 is 1.31 bits per heavy atom. The van der Waals surface area contributed by atoms with E-state index in [0.717, 1.165) is 41.0 Å². The van der Waals surface area contributed by atoms with Crippen LogP contribution >= 0.6 is 0 Å². The predicted molar refractivity (Wildman–Crippen MR) is 107 cm³/mol. The minimum Gasteiger partial charge on any atom is -0.293 e. The molecule has 3 aromatic rings. The summed E-state index contributed by atoms with van der Waals surface area (Å²) < 4.78 is 3.58. The summed E-state index contributed by atoms with van der Waals surface area (Å²) in [5.74, 6) is 0.564. The van der Waals surface area contributed by atoms with Crippen molar-refractivity contribution in [3.63, 3.8) is 0 Å². The first-order valence-electron chi connectivity index (χ1n) is 9.96. The van der Waals surface area contributed by atoms with Crippen LogP contribution < -0.4 is 4.90 Å². The SMILES string of the molecule is Cc1nn(C)c(C)c1-c1cn2nccc2c(N2C[C@@H](C)[C@@](C#N)(C3CC3)C2=O)n1. The zero-order valence-corrected chi connectivity index (χ0v) is 17.0. The maximum atomic E-state index is 13.5. The molecule has 0 N–H and O–H groups in total. The second-order valence-corrected chi connectivity index (χ2v) is 8.35. The lowest BCUT2D eigenvalue weighted by Gasteiger charge is -2.23. The average Bonchev–Trinajstić information content (AvgIpc) is 3.29. The van der Waals surface area contributed by atoms with E-state index in [9.17, 15) is 10.1 Å². The Kier molecular flexibility index (Phi) is 3.63. The van der Waals surface area contributed by atoms with Crippen LogP contribution in [0.15, 0.2) is 18.5 Å². The predicted octanol–water partition coefficient (Wildman–Crippen LogP) is 2.65. The number of amides is 1. The van der Waals surface area contributed by atoms with Gasteiger partial charge < -0.3 is 0 Å². The molecule has 0 radical (unpaired) electrons. The first-order valence-corrected chi connectivity index (χ1v) is 9.96. The van der Waals surface area contributed by atoms with Gasteiger partial charge in [-0.1, -0.05) is 6.92 Å². The summed E-state index contributed by atoms with van der Waals surface area (Å²) >= 11 is 0. The van der Waals surface area contributed by atoms with E-state index < -0.39 is 5.41 Å². The molecule has 0 aromatic carbocycles. The van der Waals surface area contributed by atoms with Crippen molar-refractivity contribution in [3.8, 4) is 17.3 Å². The van der Waals surface area contributed by atoms with Gasteiger partial charge in [0.1, 0.15) is 10.9 Å². The molecule has 1 saturated carbocycles. The number of anilines is 1. The van der Waals surface area contributed by atoms with Crippen LogP contribution in [-0.2, 0) is 11.8 Å². The molecule has 0 bridgehead atoms. The molecule has 8 heteroatoms. The van der Waals surface area contributed by atoms with Crippen molar-refractivity contribution < 1.29 is 4.79 Å². The lowest BCUT2D eigenvalue weighted by Crippen LogP contribution is -2.37. The Balaban J connectivity index is 1.69. The quantitative estimate of drug-likeness (QED) is 0.687. The first-order chi connectivity index (χ1) is 13.9. The van der Waals surface area contributed by atoms with E-state index in [0.29, 0.717) is 12.4 Å². The van der Waals surface area contributed by atoms with Crippen LogP contribution in [0.2, 0.25) is 0 Å². The number of aromatic nitrogens is 5. The molecule has 2 atom stereocenters. The molecule has 5 rings (SSSR count). The molecule has 8 nitrogen and oxygen atoms in total. The van der Waals surface area contributed by atoms with Gasteiger partial charge in [-0.15, -0.1) is 0 Å². The lowest BCUT2D eigenvalue weighted by atomic mass is 9.75. The maximum absolute atomic E-state index is 13.5. The second-order valence-electron chi connectivity index (χ2n) is 8.35. The molecule has 148 valence electrons. The number of hydrogen-bond donors (Lipinski definition) is 0. The van der Waals surface area contributed by atoms with Crippen molar-refractivity contribution >= 4 is 17.2 Å². The lowest BCUT2D eigenvalue weighted by molar-refractivity contribution is -0.124. The van der Waals surface area contributed by atoms with Crippen LogP contribution in [0.1, 0.15) is 31.2 Å². The van der Waals surface area contributed by atoms with Crippen LogP contribution in [0.25, 0.3) is 16.8 Å². The minimum absolute atomic E-state index is 0.0391. The zero-order valence-electron chi connectivity index (χ0n) is 17.0.